The zero-order chi connectivity index (χ0) is 21.2. The van der Waals surface area contributed by atoms with Crippen molar-refractivity contribution in [2.24, 2.45) is 0 Å². The van der Waals surface area contributed by atoms with Gasteiger partial charge in [0.05, 0.1) is 6.20 Å². The van der Waals surface area contributed by atoms with E-state index in [2.05, 4.69) is 15.3 Å². The largest absolute Gasteiger partial charge is 0.356 e. The van der Waals surface area contributed by atoms with Gasteiger partial charge < -0.3 is 10.2 Å². The van der Waals surface area contributed by atoms with E-state index < -0.39 is 0 Å². The van der Waals surface area contributed by atoms with Crippen molar-refractivity contribution in [2.75, 3.05) is 13.1 Å². The van der Waals surface area contributed by atoms with Crippen molar-refractivity contribution in [2.45, 2.75) is 19.4 Å². The lowest BCUT2D eigenvalue weighted by atomic mass is 10.1. The van der Waals surface area contributed by atoms with Crippen molar-refractivity contribution in [1.29, 1.82) is 0 Å². The summed E-state index contributed by atoms with van der Waals surface area (Å²) in [5.74, 6) is -0.810. The maximum absolute atomic E-state index is 13.2. The Morgan fingerprint density at radius 2 is 1.73 bits per heavy atom. The first-order valence-electron chi connectivity index (χ1n) is 9.72. The van der Waals surface area contributed by atoms with Gasteiger partial charge in [-0.25, -0.2) is 9.37 Å². The van der Waals surface area contributed by atoms with Gasteiger partial charge in [0.1, 0.15) is 11.5 Å². The number of benzene rings is 2. The van der Waals surface area contributed by atoms with Crippen LogP contribution in [-0.4, -0.2) is 39.8 Å². The van der Waals surface area contributed by atoms with Crippen LogP contribution in [0.4, 0.5) is 4.39 Å². The number of amides is 2. The topological polar surface area (TPSA) is 75.2 Å². The molecule has 6 nitrogen and oxygen atoms in total. The maximum atomic E-state index is 13.2. The highest BCUT2D eigenvalue weighted by Gasteiger charge is 2.19. The van der Waals surface area contributed by atoms with Gasteiger partial charge in [0, 0.05) is 38.4 Å². The van der Waals surface area contributed by atoms with E-state index in [4.69, 9.17) is 0 Å². The van der Waals surface area contributed by atoms with Crippen LogP contribution in [0.25, 0.3) is 0 Å². The first kappa shape index (κ1) is 21.1. The van der Waals surface area contributed by atoms with Gasteiger partial charge in [-0.15, -0.1) is 0 Å². The fourth-order valence-corrected chi connectivity index (χ4v) is 2.95. The lowest BCUT2D eigenvalue weighted by Gasteiger charge is -2.22. The average molecular weight is 406 g/mol. The normalized spacial score (nSPS) is 10.4. The SMILES string of the molecule is O=C(CCN(Cc1ccc(F)cc1)C(=O)c1cnccn1)NCCc1ccccc1. The van der Waals surface area contributed by atoms with Crippen LogP contribution in [0.2, 0.25) is 0 Å². The van der Waals surface area contributed by atoms with Crippen LogP contribution < -0.4 is 5.32 Å². The number of nitrogens with one attached hydrogen (secondary N) is 1. The Balaban J connectivity index is 1.58. The lowest BCUT2D eigenvalue weighted by molar-refractivity contribution is -0.121. The van der Waals surface area contributed by atoms with Crippen molar-refractivity contribution in [3.63, 3.8) is 0 Å². The highest BCUT2D eigenvalue weighted by atomic mass is 19.1. The predicted molar refractivity (Wildman–Crippen MR) is 111 cm³/mol. The van der Waals surface area contributed by atoms with Gasteiger partial charge in [-0.2, -0.15) is 0 Å². The standard InChI is InChI=1S/C23H23FN4O2/c24-20-8-6-19(7-9-20)17-28(23(30)21-16-25-13-14-26-21)15-11-22(29)27-12-10-18-4-2-1-3-5-18/h1-9,13-14,16H,10-12,15,17H2,(H,27,29). The van der Waals surface area contributed by atoms with Gasteiger partial charge in [0.15, 0.2) is 0 Å². The van der Waals surface area contributed by atoms with E-state index in [1.807, 2.05) is 30.3 Å². The minimum Gasteiger partial charge on any atom is -0.356 e. The number of aromatic nitrogens is 2. The number of halogens is 1. The zero-order valence-corrected chi connectivity index (χ0v) is 16.5. The minimum atomic E-state index is -0.344. The van der Waals surface area contributed by atoms with Crippen LogP contribution in [0.15, 0.2) is 73.2 Å². The number of hydrogen-bond acceptors (Lipinski definition) is 4. The van der Waals surface area contributed by atoms with Gasteiger partial charge in [-0.1, -0.05) is 42.5 Å². The van der Waals surface area contributed by atoms with Gasteiger partial charge in [0.2, 0.25) is 5.91 Å². The second-order valence-electron chi connectivity index (χ2n) is 6.78. The Morgan fingerprint density at radius 3 is 2.43 bits per heavy atom. The highest BCUT2D eigenvalue weighted by molar-refractivity contribution is 5.92. The number of carbonyl (C=O) groups excluding carboxylic acids is 2. The Bertz CT molecular complexity index is 950. The number of carbonyl (C=O) groups is 2. The second-order valence-corrected chi connectivity index (χ2v) is 6.78. The van der Waals surface area contributed by atoms with E-state index in [-0.39, 0.29) is 42.8 Å². The Kier molecular flexibility index (Phi) is 7.60. The molecule has 0 radical (unpaired) electrons. The fraction of sp³-hybridized carbons (Fsp3) is 0.217. The smallest absolute Gasteiger partial charge is 0.274 e. The number of rotatable bonds is 9. The van der Waals surface area contributed by atoms with Crippen LogP contribution in [0, 0.1) is 5.82 Å². The first-order valence-corrected chi connectivity index (χ1v) is 9.72. The molecule has 0 saturated heterocycles. The molecule has 0 aliphatic rings. The molecule has 2 amide bonds. The third kappa shape index (κ3) is 6.48. The van der Waals surface area contributed by atoms with Gasteiger partial charge in [0.25, 0.3) is 5.91 Å². The van der Waals surface area contributed by atoms with E-state index in [1.54, 1.807) is 12.1 Å². The minimum absolute atomic E-state index is 0.137. The maximum Gasteiger partial charge on any atom is 0.274 e. The fourth-order valence-electron chi connectivity index (χ4n) is 2.95. The van der Waals surface area contributed by atoms with E-state index in [0.29, 0.717) is 6.54 Å². The second kappa shape index (κ2) is 10.8. The van der Waals surface area contributed by atoms with Crippen molar-refractivity contribution in [1.82, 2.24) is 20.2 Å². The molecule has 3 rings (SSSR count). The van der Waals surface area contributed by atoms with Gasteiger partial charge >= 0.3 is 0 Å². The lowest BCUT2D eigenvalue weighted by Crippen LogP contribution is -2.35. The average Bonchev–Trinajstić information content (AvgIpc) is 2.79. The molecule has 0 spiro atoms. The molecule has 0 unspecified atom stereocenters. The van der Waals surface area contributed by atoms with Crippen LogP contribution >= 0.6 is 0 Å². The summed E-state index contributed by atoms with van der Waals surface area (Å²) < 4.78 is 13.2. The Labute approximate surface area is 174 Å². The summed E-state index contributed by atoms with van der Waals surface area (Å²) in [6, 6.07) is 15.8. The molecule has 2 aromatic carbocycles. The predicted octanol–water partition coefficient (Wildman–Crippen LogP) is 3.01. The quantitative estimate of drug-likeness (QED) is 0.593. The summed E-state index contributed by atoms with van der Waals surface area (Å²) in [6.07, 6.45) is 5.22. The molecule has 0 aliphatic heterocycles. The summed E-state index contributed by atoms with van der Waals surface area (Å²) in [5, 5.41) is 2.88. The van der Waals surface area contributed by atoms with Crippen molar-refractivity contribution < 1.29 is 14.0 Å². The van der Waals surface area contributed by atoms with Crippen LogP contribution in [0.5, 0.6) is 0 Å². The Morgan fingerprint density at radius 1 is 0.967 bits per heavy atom. The molecule has 0 bridgehead atoms. The summed E-state index contributed by atoms with van der Waals surface area (Å²) in [5.41, 5.74) is 2.11. The highest BCUT2D eigenvalue weighted by Crippen LogP contribution is 2.10. The molecule has 0 saturated carbocycles. The molecule has 0 fully saturated rings. The summed E-state index contributed by atoms with van der Waals surface area (Å²) in [6.45, 7) is 0.982. The van der Waals surface area contributed by atoms with Gasteiger partial charge in [-0.3, -0.25) is 14.6 Å². The molecule has 1 N–H and O–H groups in total. The van der Waals surface area contributed by atoms with Crippen LogP contribution in [0.1, 0.15) is 28.0 Å². The molecule has 30 heavy (non-hydrogen) atoms. The summed E-state index contributed by atoms with van der Waals surface area (Å²) in [7, 11) is 0. The van der Waals surface area contributed by atoms with Crippen molar-refractivity contribution in [3.05, 3.63) is 95.8 Å². The van der Waals surface area contributed by atoms with Crippen LogP contribution in [-0.2, 0) is 17.8 Å². The molecule has 3 aromatic rings. The van der Waals surface area contributed by atoms with Crippen LogP contribution in [0.3, 0.4) is 0 Å². The van der Waals surface area contributed by atoms with E-state index in [0.717, 1.165) is 17.5 Å². The molecule has 7 heteroatoms. The van der Waals surface area contributed by atoms with E-state index >= 15 is 0 Å². The number of hydrogen-bond donors (Lipinski definition) is 1. The Hall–Kier alpha value is -3.61. The summed E-state index contributed by atoms with van der Waals surface area (Å²) in [4.78, 5) is 34.6. The molecule has 1 aromatic heterocycles. The number of nitrogens with zero attached hydrogens (tertiary/aromatic N) is 3. The molecule has 0 aliphatic carbocycles. The third-order valence-electron chi connectivity index (χ3n) is 4.54. The monoisotopic (exact) mass is 406 g/mol. The zero-order valence-electron chi connectivity index (χ0n) is 16.5. The van der Waals surface area contributed by atoms with E-state index in [9.17, 15) is 14.0 Å². The molecular weight excluding hydrogens is 383 g/mol. The van der Waals surface area contributed by atoms with Crippen molar-refractivity contribution in [3.8, 4) is 0 Å². The first-order chi connectivity index (χ1) is 14.6. The molecular formula is C23H23FN4O2. The molecule has 0 atom stereocenters. The molecule has 154 valence electrons. The van der Waals surface area contributed by atoms with Crippen molar-refractivity contribution >= 4 is 11.8 Å². The third-order valence-corrected chi connectivity index (χ3v) is 4.54. The van der Waals surface area contributed by atoms with E-state index in [1.165, 1.54) is 35.6 Å². The summed E-state index contributed by atoms with van der Waals surface area (Å²) >= 11 is 0. The molecule has 1 heterocycles. The van der Waals surface area contributed by atoms with Gasteiger partial charge in [-0.05, 0) is 29.7 Å².